The molecule has 0 bridgehead atoms. The number of nitrogens with one attached hydrogen (secondary N) is 1. The van der Waals surface area contributed by atoms with Gasteiger partial charge in [0.05, 0.1) is 6.42 Å². The molecule has 0 aliphatic heterocycles. The molecule has 0 aliphatic carbocycles. The van der Waals surface area contributed by atoms with Gasteiger partial charge in [0.1, 0.15) is 0 Å². The number of aliphatic carboxylic acids is 1. The summed E-state index contributed by atoms with van der Waals surface area (Å²) >= 11 is 0. The minimum atomic E-state index is -0.835. The zero-order valence-electron chi connectivity index (χ0n) is 9.58. The van der Waals surface area contributed by atoms with Gasteiger partial charge in [-0.2, -0.15) is 0 Å². The van der Waals surface area contributed by atoms with Crippen LogP contribution in [0.4, 0.5) is 0 Å². The van der Waals surface area contributed by atoms with Crippen LogP contribution in [0.5, 0.6) is 0 Å². The van der Waals surface area contributed by atoms with Gasteiger partial charge in [0, 0.05) is 6.54 Å². The number of hydrogen-bond acceptors (Lipinski definition) is 6. The van der Waals surface area contributed by atoms with E-state index < -0.39 is 5.97 Å². The number of nitrogens with two attached hydrogens (primary N) is 4. The summed E-state index contributed by atoms with van der Waals surface area (Å²) in [5, 5.41) is 7.95. The predicted octanol–water partition coefficient (Wildman–Crippen LogP) is -4.00. The van der Waals surface area contributed by atoms with Crippen molar-refractivity contribution in [3.63, 3.8) is 0 Å². The van der Waals surface area contributed by atoms with E-state index in [4.69, 9.17) is 10.9 Å². The molecular weight excluding hydrogens is 206 g/mol. The second kappa shape index (κ2) is 72.8. The minimum Gasteiger partial charge on any atom is -0.481 e. The molecule has 9 nitrogen and oxygen atoms in total. The maximum absolute atomic E-state index is 9.66. The van der Waals surface area contributed by atoms with Crippen molar-refractivity contribution in [1.29, 1.82) is 0 Å². The average Bonchev–Trinajstić information content (AvgIpc) is 2.24. The van der Waals surface area contributed by atoms with Gasteiger partial charge in [-0.25, -0.2) is 0 Å². The summed E-state index contributed by atoms with van der Waals surface area (Å²) in [6.07, 6.45) is 0.0799. The van der Waals surface area contributed by atoms with Gasteiger partial charge in [-0.15, -0.1) is 0 Å². The Morgan fingerprint density at radius 2 is 1.33 bits per heavy atom. The molecule has 15 heavy (non-hydrogen) atoms. The van der Waals surface area contributed by atoms with Gasteiger partial charge in [0.2, 0.25) is 0 Å². The third-order valence-electron chi connectivity index (χ3n) is 0.483. The van der Waals surface area contributed by atoms with Crippen molar-refractivity contribution in [1.82, 2.24) is 5.43 Å². The highest BCUT2D eigenvalue weighted by Crippen LogP contribution is 1.70. The van der Waals surface area contributed by atoms with Crippen LogP contribution in [0.15, 0.2) is 0 Å². The van der Waals surface area contributed by atoms with Crippen LogP contribution in [0.1, 0.15) is 6.42 Å². The van der Waals surface area contributed by atoms with Gasteiger partial charge >= 0.3 is 5.97 Å². The smallest absolute Gasteiger partial charge is 0.304 e. The highest BCUT2D eigenvalue weighted by atomic mass is 16.4. The van der Waals surface area contributed by atoms with Gasteiger partial charge in [-0.3, -0.25) is 16.1 Å². The van der Waals surface area contributed by atoms with Gasteiger partial charge in [-0.05, 0) is 21.1 Å². The van der Waals surface area contributed by atoms with Crippen LogP contribution in [0.2, 0.25) is 0 Å². The Morgan fingerprint density at radius 3 is 1.40 bits per heavy atom. The van der Waals surface area contributed by atoms with Crippen LogP contribution in [0.25, 0.3) is 0 Å². The molecule has 0 aliphatic rings. The van der Waals surface area contributed by atoms with Crippen LogP contribution >= 0.6 is 0 Å². The molecule has 9 heteroatoms. The van der Waals surface area contributed by atoms with E-state index in [1.807, 2.05) is 0 Å². The first-order valence-electron chi connectivity index (χ1n) is 3.66. The average molecular weight is 233 g/mol. The minimum absolute atomic E-state index is 0. The zero-order chi connectivity index (χ0) is 11.7. The molecule has 0 heterocycles. The van der Waals surface area contributed by atoms with Crippen molar-refractivity contribution in [2.24, 2.45) is 23.0 Å². The lowest BCUT2D eigenvalue weighted by Gasteiger charge is -1.89. The van der Waals surface area contributed by atoms with Crippen LogP contribution in [0, 0.1) is 0 Å². The van der Waals surface area contributed by atoms with Crippen LogP contribution in [0.3, 0.4) is 0 Å². The van der Waals surface area contributed by atoms with Gasteiger partial charge < -0.3 is 33.3 Å². The molecule has 14 N–H and O–H groups in total. The van der Waals surface area contributed by atoms with Gasteiger partial charge in [0.15, 0.2) is 0 Å². The lowest BCUT2D eigenvalue weighted by molar-refractivity contribution is -0.136. The summed E-state index contributed by atoms with van der Waals surface area (Å²) in [5.74, 6) is 3.93. The van der Waals surface area contributed by atoms with E-state index in [1.54, 1.807) is 0 Å². The number of hydrazine groups is 1. The SMILES string of the molecule is CN.CN.CN.NNCCC(=O)O.O.O. The molecule has 0 aromatic carbocycles. The van der Waals surface area contributed by atoms with E-state index in [2.05, 4.69) is 22.6 Å². The van der Waals surface area contributed by atoms with Gasteiger partial charge in [0.25, 0.3) is 0 Å². The first-order valence-corrected chi connectivity index (χ1v) is 3.66. The molecule has 0 amide bonds. The molecule has 0 aromatic rings. The Balaban J connectivity index is -0.0000000221. The second-order valence-corrected chi connectivity index (χ2v) is 1.10. The summed E-state index contributed by atoms with van der Waals surface area (Å²) < 4.78 is 0. The summed E-state index contributed by atoms with van der Waals surface area (Å²) in [4.78, 5) is 9.66. The van der Waals surface area contributed by atoms with E-state index >= 15 is 0 Å². The normalized spacial score (nSPS) is 5.27. The topological polar surface area (TPSA) is 216 Å². The van der Waals surface area contributed by atoms with E-state index in [1.165, 1.54) is 21.1 Å². The fraction of sp³-hybridized carbons (Fsp3) is 0.833. The zero-order valence-corrected chi connectivity index (χ0v) is 9.58. The van der Waals surface area contributed by atoms with Crippen LogP contribution in [-0.4, -0.2) is 49.7 Å². The molecule has 0 fully saturated rings. The van der Waals surface area contributed by atoms with Crippen molar-refractivity contribution in [2.45, 2.75) is 6.42 Å². The molecule has 0 rings (SSSR count). The second-order valence-electron chi connectivity index (χ2n) is 1.10. The van der Waals surface area contributed by atoms with Crippen molar-refractivity contribution in [3.05, 3.63) is 0 Å². The Morgan fingerprint density at radius 1 is 1.07 bits per heavy atom. The number of hydrogen-bond donors (Lipinski definition) is 6. The van der Waals surface area contributed by atoms with E-state index in [0.29, 0.717) is 6.54 Å². The summed E-state index contributed by atoms with van der Waals surface area (Å²) in [5.41, 5.74) is 15.7. The lowest BCUT2D eigenvalue weighted by atomic mass is 10.4. The monoisotopic (exact) mass is 233 g/mol. The Kier molecular flexibility index (Phi) is 179. The standard InChI is InChI=1S/C3H8N2O2.3CH5N.2H2O/c4-5-2-1-3(6)7;3*1-2;;/h5H,1-2,4H2,(H,6,7);3*2H2,1H3;2*1H2. The van der Waals surface area contributed by atoms with E-state index in [9.17, 15) is 4.79 Å². The summed E-state index contributed by atoms with van der Waals surface area (Å²) in [6, 6.07) is 0. The largest absolute Gasteiger partial charge is 0.481 e. The molecule has 0 atom stereocenters. The molecule has 0 saturated carbocycles. The molecule has 0 aromatic heterocycles. The first-order chi connectivity index (χ1) is 6.27. The number of carboxylic acids is 1. The van der Waals surface area contributed by atoms with Crippen molar-refractivity contribution < 1.29 is 20.9 Å². The highest BCUT2D eigenvalue weighted by Gasteiger charge is 1.90. The van der Waals surface area contributed by atoms with E-state index in [-0.39, 0.29) is 17.4 Å². The third-order valence-corrected chi connectivity index (χ3v) is 0.483. The van der Waals surface area contributed by atoms with Crippen LogP contribution in [-0.2, 0) is 4.79 Å². The molecule has 0 unspecified atom stereocenters. The van der Waals surface area contributed by atoms with E-state index in [0.717, 1.165) is 0 Å². The lowest BCUT2D eigenvalue weighted by Crippen LogP contribution is -2.24. The predicted molar refractivity (Wildman–Crippen MR) is 62.0 cm³/mol. The number of carbonyl (C=O) groups is 1. The molecule has 100 valence electrons. The molecule has 0 radical (unpaired) electrons. The Bertz CT molecular complexity index is 76.5. The first kappa shape index (κ1) is 36.8. The fourth-order valence-corrected chi connectivity index (χ4v) is 0.179. The maximum atomic E-state index is 9.66. The van der Waals surface area contributed by atoms with Crippen molar-refractivity contribution in [3.8, 4) is 0 Å². The Labute approximate surface area is 90.4 Å². The molecule has 0 saturated heterocycles. The van der Waals surface area contributed by atoms with Gasteiger partial charge in [-0.1, -0.05) is 0 Å². The Hall–Kier alpha value is -0.810. The maximum Gasteiger partial charge on any atom is 0.304 e. The van der Waals surface area contributed by atoms with Crippen molar-refractivity contribution >= 4 is 5.97 Å². The molecular formula is C6H27N5O4. The summed E-state index contributed by atoms with van der Waals surface area (Å²) in [6.45, 7) is 0.329. The fourth-order valence-electron chi connectivity index (χ4n) is 0.179. The van der Waals surface area contributed by atoms with Crippen molar-refractivity contribution in [2.75, 3.05) is 27.7 Å². The third kappa shape index (κ3) is 162. The highest BCUT2D eigenvalue weighted by molar-refractivity contribution is 5.66. The number of carboxylic acid groups (broad SMARTS) is 1. The molecule has 0 spiro atoms. The van der Waals surface area contributed by atoms with Crippen LogP contribution < -0.4 is 28.5 Å². The summed E-state index contributed by atoms with van der Waals surface area (Å²) in [7, 11) is 4.50. The number of rotatable bonds is 3. The quantitative estimate of drug-likeness (QED) is 0.209.